The maximum Gasteiger partial charge on any atom is 0.413 e. The SMILES string of the molecule is CC(C)(C)OC(=O)Nc1nc2cc(F)ncc2s1. The number of amides is 1. The van der Waals surface area contributed by atoms with Crippen LogP contribution in [0.3, 0.4) is 0 Å². The Morgan fingerprint density at radius 1 is 1.50 bits per heavy atom. The van der Waals surface area contributed by atoms with Crippen molar-refractivity contribution in [1.82, 2.24) is 9.97 Å². The van der Waals surface area contributed by atoms with Crippen LogP contribution in [0.25, 0.3) is 10.2 Å². The van der Waals surface area contributed by atoms with Gasteiger partial charge in [0.25, 0.3) is 0 Å². The molecule has 7 heteroatoms. The van der Waals surface area contributed by atoms with Crippen LogP contribution in [0, 0.1) is 5.95 Å². The van der Waals surface area contributed by atoms with Crippen LogP contribution in [0.4, 0.5) is 14.3 Å². The maximum atomic E-state index is 12.9. The van der Waals surface area contributed by atoms with E-state index >= 15 is 0 Å². The number of anilines is 1. The molecule has 0 fully saturated rings. The first-order chi connectivity index (χ1) is 8.33. The normalized spacial score (nSPS) is 11.6. The van der Waals surface area contributed by atoms with Crippen molar-refractivity contribution in [3.8, 4) is 0 Å². The van der Waals surface area contributed by atoms with E-state index in [0.29, 0.717) is 15.3 Å². The number of carbonyl (C=O) groups excluding carboxylic acids is 1. The van der Waals surface area contributed by atoms with Crippen molar-refractivity contribution in [1.29, 1.82) is 0 Å². The summed E-state index contributed by atoms with van der Waals surface area (Å²) in [4.78, 5) is 19.1. The first-order valence-electron chi connectivity index (χ1n) is 5.25. The second-order valence-corrected chi connectivity index (χ2v) is 5.65. The molecule has 5 nitrogen and oxygen atoms in total. The molecule has 0 unspecified atom stereocenters. The minimum Gasteiger partial charge on any atom is -0.444 e. The molecule has 2 aromatic rings. The van der Waals surface area contributed by atoms with Crippen molar-refractivity contribution in [3.05, 3.63) is 18.2 Å². The van der Waals surface area contributed by atoms with E-state index in [4.69, 9.17) is 4.74 Å². The second-order valence-electron chi connectivity index (χ2n) is 4.62. The molecule has 1 amide bonds. The number of ether oxygens (including phenoxy) is 1. The van der Waals surface area contributed by atoms with Crippen LogP contribution in [0.1, 0.15) is 20.8 Å². The van der Waals surface area contributed by atoms with Crippen LogP contribution in [-0.2, 0) is 4.74 Å². The number of carbonyl (C=O) groups is 1. The molecule has 0 aromatic carbocycles. The highest BCUT2D eigenvalue weighted by molar-refractivity contribution is 7.22. The fourth-order valence-electron chi connectivity index (χ4n) is 1.25. The minimum atomic E-state index is -0.600. The van der Waals surface area contributed by atoms with Gasteiger partial charge in [0.15, 0.2) is 5.13 Å². The Balaban J connectivity index is 2.15. The fourth-order valence-corrected chi connectivity index (χ4v) is 2.06. The average Bonchev–Trinajstić information content (AvgIpc) is 2.55. The van der Waals surface area contributed by atoms with Crippen LogP contribution >= 0.6 is 11.3 Å². The van der Waals surface area contributed by atoms with Gasteiger partial charge in [-0.1, -0.05) is 11.3 Å². The molecule has 2 aromatic heterocycles. The summed E-state index contributed by atoms with van der Waals surface area (Å²) in [7, 11) is 0. The van der Waals surface area contributed by atoms with Gasteiger partial charge in [-0.3, -0.25) is 5.32 Å². The van der Waals surface area contributed by atoms with Crippen LogP contribution in [0.5, 0.6) is 0 Å². The molecule has 18 heavy (non-hydrogen) atoms. The van der Waals surface area contributed by atoms with Gasteiger partial charge in [-0.25, -0.2) is 14.8 Å². The second kappa shape index (κ2) is 4.49. The first kappa shape index (κ1) is 12.7. The summed E-state index contributed by atoms with van der Waals surface area (Å²) in [5.74, 6) is -0.600. The minimum absolute atomic E-state index is 0.353. The molecule has 0 radical (unpaired) electrons. The van der Waals surface area contributed by atoms with Gasteiger partial charge >= 0.3 is 6.09 Å². The Kier molecular flexibility index (Phi) is 3.16. The summed E-state index contributed by atoms with van der Waals surface area (Å²) in [6.07, 6.45) is 0.790. The third kappa shape index (κ3) is 3.13. The lowest BCUT2D eigenvalue weighted by Crippen LogP contribution is -2.27. The fraction of sp³-hybridized carbons (Fsp3) is 0.364. The van der Waals surface area contributed by atoms with Gasteiger partial charge in [-0.05, 0) is 20.8 Å². The van der Waals surface area contributed by atoms with Crippen molar-refractivity contribution in [2.24, 2.45) is 0 Å². The van der Waals surface area contributed by atoms with E-state index in [-0.39, 0.29) is 0 Å². The van der Waals surface area contributed by atoms with Gasteiger partial charge in [0.05, 0.1) is 10.2 Å². The van der Waals surface area contributed by atoms with Crippen molar-refractivity contribution < 1.29 is 13.9 Å². The lowest BCUT2D eigenvalue weighted by molar-refractivity contribution is 0.0636. The van der Waals surface area contributed by atoms with Gasteiger partial charge in [0, 0.05) is 12.3 Å². The smallest absolute Gasteiger partial charge is 0.413 e. The summed E-state index contributed by atoms with van der Waals surface area (Å²) < 4.78 is 18.7. The molecule has 0 saturated carbocycles. The summed E-state index contributed by atoms with van der Waals surface area (Å²) in [5.41, 5.74) is -0.118. The third-order valence-corrected chi connectivity index (χ3v) is 2.77. The molecular weight excluding hydrogens is 257 g/mol. The summed E-state index contributed by atoms with van der Waals surface area (Å²) in [6.45, 7) is 5.30. The standard InChI is InChI=1S/C11H12FN3O2S/c1-11(2,3)17-10(16)15-9-14-6-4-8(12)13-5-7(6)18-9/h4-5H,1-3H3,(H,14,15,16). The zero-order chi connectivity index (χ0) is 13.3. The maximum absolute atomic E-state index is 12.9. The van der Waals surface area contributed by atoms with E-state index < -0.39 is 17.6 Å². The first-order valence-corrected chi connectivity index (χ1v) is 6.07. The third-order valence-electron chi connectivity index (χ3n) is 1.85. The average molecular weight is 269 g/mol. The number of pyridine rings is 1. The Labute approximate surface area is 107 Å². The van der Waals surface area contributed by atoms with E-state index in [1.807, 2.05) is 0 Å². The lowest BCUT2D eigenvalue weighted by Gasteiger charge is -2.18. The van der Waals surface area contributed by atoms with Crippen LogP contribution in [0.15, 0.2) is 12.3 Å². The van der Waals surface area contributed by atoms with Crippen LogP contribution in [0.2, 0.25) is 0 Å². The number of nitrogens with zero attached hydrogens (tertiary/aromatic N) is 2. The highest BCUT2D eigenvalue weighted by Crippen LogP contribution is 2.25. The van der Waals surface area contributed by atoms with Gasteiger partial charge in [-0.15, -0.1) is 0 Å². The van der Waals surface area contributed by atoms with E-state index in [9.17, 15) is 9.18 Å². The number of aromatic nitrogens is 2. The van der Waals surface area contributed by atoms with E-state index in [2.05, 4.69) is 15.3 Å². The molecule has 0 aliphatic carbocycles. The number of hydrogen-bond donors (Lipinski definition) is 1. The highest BCUT2D eigenvalue weighted by atomic mass is 32.1. The van der Waals surface area contributed by atoms with Gasteiger partial charge in [0.2, 0.25) is 5.95 Å². The molecule has 0 aliphatic heterocycles. The van der Waals surface area contributed by atoms with E-state index in [1.54, 1.807) is 20.8 Å². The van der Waals surface area contributed by atoms with Crippen molar-refractivity contribution in [3.63, 3.8) is 0 Å². The Hall–Kier alpha value is -1.76. The summed E-state index contributed by atoms with van der Waals surface area (Å²) in [6, 6.07) is 1.21. The summed E-state index contributed by atoms with van der Waals surface area (Å²) in [5, 5.41) is 2.86. The zero-order valence-corrected chi connectivity index (χ0v) is 11.0. The number of halogens is 1. The monoisotopic (exact) mass is 269 g/mol. The Morgan fingerprint density at radius 2 is 2.22 bits per heavy atom. The molecule has 0 bridgehead atoms. The Bertz CT molecular complexity index is 591. The molecule has 2 heterocycles. The predicted octanol–water partition coefficient (Wildman–Crippen LogP) is 3.18. The quantitative estimate of drug-likeness (QED) is 0.807. The van der Waals surface area contributed by atoms with E-state index in [0.717, 1.165) is 0 Å². The molecule has 96 valence electrons. The number of hydrogen-bond acceptors (Lipinski definition) is 5. The number of fused-ring (bicyclic) bond motifs is 1. The van der Waals surface area contributed by atoms with Crippen molar-refractivity contribution >= 4 is 32.8 Å². The zero-order valence-electron chi connectivity index (χ0n) is 10.2. The molecule has 0 spiro atoms. The Morgan fingerprint density at radius 3 is 2.89 bits per heavy atom. The van der Waals surface area contributed by atoms with Crippen LogP contribution in [-0.4, -0.2) is 21.7 Å². The highest BCUT2D eigenvalue weighted by Gasteiger charge is 2.17. The lowest BCUT2D eigenvalue weighted by atomic mass is 10.2. The molecular formula is C11H12FN3O2S. The molecule has 0 aliphatic rings. The largest absolute Gasteiger partial charge is 0.444 e. The molecule has 0 atom stereocenters. The molecule has 2 rings (SSSR count). The van der Waals surface area contributed by atoms with E-state index in [1.165, 1.54) is 23.6 Å². The summed E-state index contributed by atoms with van der Waals surface area (Å²) >= 11 is 1.21. The number of nitrogens with one attached hydrogen (secondary N) is 1. The van der Waals surface area contributed by atoms with Crippen molar-refractivity contribution in [2.75, 3.05) is 5.32 Å². The number of rotatable bonds is 1. The van der Waals surface area contributed by atoms with Gasteiger partial charge < -0.3 is 4.74 Å². The van der Waals surface area contributed by atoms with Crippen LogP contribution < -0.4 is 5.32 Å². The van der Waals surface area contributed by atoms with Crippen molar-refractivity contribution in [2.45, 2.75) is 26.4 Å². The molecule has 1 N–H and O–H groups in total. The predicted molar refractivity (Wildman–Crippen MR) is 67.2 cm³/mol. The van der Waals surface area contributed by atoms with Gasteiger partial charge in [0.1, 0.15) is 5.60 Å². The molecule has 0 saturated heterocycles. The van der Waals surface area contributed by atoms with Gasteiger partial charge in [-0.2, -0.15) is 4.39 Å². The topological polar surface area (TPSA) is 64.1 Å². The number of thiazole rings is 1.